The van der Waals surface area contributed by atoms with E-state index in [1.807, 2.05) is 19.9 Å². The van der Waals surface area contributed by atoms with Crippen LogP contribution >= 0.6 is 0 Å². The van der Waals surface area contributed by atoms with Crippen LogP contribution in [0.15, 0.2) is 34.9 Å². The fourth-order valence-corrected chi connectivity index (χ4v) is 3.03. The molecule has 1 amide bonds. The van der Waals surface area contributed by atoms with E-state index in [1.165, 1.54) is 12.3 Å². The van der Waals surface area contributed by atoms with Crippen LogP contribution in [0.25, 0.3) is 0 Å². The third-order valence-electron chi connectivity index (χ3n) is 4.34. The van der Waals surface area contributed by atoms with Crippen molar-refractivity contribution >= 4 is 23.3 Å². The second kappa shape index (κ2) is 10.5. The van der Waals surface area contributed by atoms with Crippen molar-refractivity contribution in [2.45, 2.75) is 13.8 Å². The predicted molar refractivity (Wildman–Crippen MR) is 109 cm³/mol. The summed E-state index contributed by atoms with van der Waals surface area (Å²) in [6, 6.07) is 6.61. The lowest BCUT2D eigenvalue weighted by Crippen LogP contribution is -2.36. The molecule has 0 atom stereocenters. The highest BCUT2D eigenvalue weighted by Gasteiger charge is 2.21. The van der Waals surface area contributed by atoms with Crippen molar-refractivity contribution in [2.24, 2.45) is 0 Å². The minimum Gasteiger partial charge on any atom is -0.492 e. The minimum atomic E-state index is -0.710. The van der Waals surface area contributed by atoms with Crippen LogP contribution in [-0.2, 0) is 14.3 Å². The lowest BCUT2D eigenvalue weighted by atomic mass is 10.2. The maximum absolute atomic E-state index is 12.4. The Morgan fingerprint density at radius 2 is 1.83 bits per heavy atom. The molecule has 0 unspecified atom stereocenters. The lowest BCUT2D eigenvalue weighted by molar-refractivity contribution is -0.119. The molecule has 1 N–H and O–H groups in total. The van der Waals surface area contributed by atoms with E-state index in [2.05, 4.69) is 10.2 Å². The Morgan fingerprint density at radius 3 is 2.50 bits per heavy atom. The van der Waals surface area contributed by atoms with Gasteiger partial charge in [0.25, 0.3) is 5.91 Å². The highest BCUT2D eigenvalue weighted by molar-refractivity contribution is 5.96. The number of esters is 1. The monoisotopic (exact) mass is 418 g/mol. The molecule has 162 valence electrons. The first-order valence-corrected chi connectivity index (χ1v) is 9.89. The number of rotatable bonds is 9. The number of morpholine rings is 1. The molecule has 9 heteroatoms. The summed E-state index contributed by atoms with van der Waals surface area (Å²) in [5.41, 5.74) is 1.32. The highest BCUT2D eigenvalue weighted by Crippen LogP contribution is 2.39. The normalized spacial score (nSPS) is 13.6. The van der Waals surface area contributed by atoms with Crippen molar-refractivity contribution in [2.75, 3.05) is 56.3 Å². The molecule has 0 saturated carbocycles. The van der Waals surface area contributed by atoms with Gasteiger partial charge in [-0.3, -0.25) is 4.79 Å². The van der Waals surface area contributed by atoms with Crippen LogP contribution in [0.4, 0.5) is 11.4 Å². The maximum Gasteiger partial charge on any atom is 0.374 e. The molecule has 3 rings (SSSR count). The Labute approximate surface area is 174 Å². The zero-order valence-corrected chi connectivity index (χ0v) is 17.1. The van der Waals surface area contributed by atoms with Crippen LogP contribution in [0.3, 0.4) is 0 Å². The second-order valence-electron chi connectivity index (χ2n) is 6.38. The molecule has 0 aliphatic carbocycles. The van der Waals surface area contributed by atoms with Crippen molar-refractivity contribution in [3.05, 3.63) is 36.3 Å². The number of ether oxygens (including phenoxy) is 4. The molecular weight excluding hydrogens is 392 g/mol. The summed E-state index contributed by atoms with van der Waals surface area (Å²) in [6.45, 7) is 6.93. The number of anilines is 2. The van der Waals surface area contributed by atoms with Gasteiger partial charge in [-0.25, -0.2) is 4.79 Å². The molecule has 1 aliphatic heterocycles. The highest BCUT2D eigenvalue weighted by atomic mass is 16.5. The number of furan rings is 1. The van der Waals surface area contributed by atoms with E-state index in [1.54, 1.807) is 12.1 Å². The van der Waals surface area contributed by atoms with Gasteiger partial charge in [-0.2, -0.15) is 0 Å². The van der Waals surface area contributed by atoms with Crippen LogP contribution < -0.4 is 19.7 Å². The van der Waals surface area contributed by atoms with Gasteiger partial charge in [0.2, 0.25) is 5.76 Å². The van der Waals surface area contributed by atoms with Crippen molar-refractivity contribution in [3.8, 4) is 11.5 Å². The van der Waals surface area contributed by atoms with E-state index in [9.17, 15) is 9.59 Å². The van der Waals surface area contributed by atoms with Crippen molar-refractivity contribution in [1.82, 2.24) is 0 Å². The maximum atomic E-state index is 12.4. The Bertz CT molecular complexity index is 845. The molecule has 1 aliphatic rings. The van der Waals surface area contributed by atoms with Gasteiger partial charge in [0, 0.05) is 25.2 Å². The number of benzene rings is 1. The molecule has 30 heavy (non-hydrogen) atoms. The Balaban J connectivity index is 1.75. The topological polar surface area (TPSA) is 99.5 Å². The molecule has 0 radical (unpaired) electrons. The largest absolute Gasteiger partial charge is 0.492 e. The molecule has 1 aromatic heterocycles. The molecule has 1 fully saturated rings. The third kappa shape index (κ3) is 5.44. The van der Waals surface area contributed by atoms with Gasteiger partial charge < -0.3 is 33.6 Å². The molecule has 2 heterocycles. The standard InChI is InChI=1S/C21H26N2O7/c1-3-27-18-13-16(23-7-10-26-11-8-23)19(28-4-2)12-15(18)22-20(24)14-30-21(25)17-6-5-9-29-17/h5-6,9,12-13H,3-4,7-8,10-11,14H2,1-2H3,(H,22,24). The van der Waals surface area contributed by atoms with Crippen molar-refractivity contribution in [1.29, 1.82) is 0 Å². The lowest BCUT2D eigenvalue weighted by Gasteiger charge is -2.31. The van der Waals surface area contributed by atoms with E-state index in [0.717, 1.165) is 18.8 Å². The van der Waals surface area contributed by atoms with Crippen LogP contribution in [0, 0.1) is 0 Å². The van der Waals surface area contributed by atoms with E-state index >= 15 is 0 Å². The average Bonchev–Trinajstić information content (AvgIpc) is 3.30. The van der Waals surface area contributed by atoms with Crippen molar-refractivity contribution in [3.63, 3.8) is 0 Å². The first kappa shape index (κ1) is 21.5. The molecule has 1 saturated heterocycles. The number of nitrogens with zero attached hydrogens (tertiary/aromatic N) is 1. The predicted octanol–water partition coefficient (Wildman–Crippen LogP) is 2.71. The molecule has 1 aromatic carbocycles. The quantitative estimate of drug-likeness (QED) is 0.621. The smallest absolute Gasteiger partial charge is 0.374 e. The third-order valence-corrected chi connectivity index (χ3v) is 4.34. The first-order valence-electron chi connectivity index (χ1n) is 9.89. The fourth-order valence-electron chi connectivity index (χ4n) is 3.03. The van der Waals surface area contributed by atoms with Crippen LogP contribution in [0.2, 0.25) is 0 Å². The number of amides is 1. The van der Waals surface area contributed by atoms with E-state index in [4.69, 9.17) is 23.4 Å². The SMILES string of the molecule is CCOc1cc(N2CCOCC2)c(OCC)cc1NC(=O)COC(=O)c1ccco1. The van der Waals surface area contributed by atoms with Crippen molar-refractivity contribution < 1.29 is 33.0 Å². The minimum absolute atomic E-state index is 0.0336. The summed E-state index contributed by atoms with van der Waals surface area (Å²) in [7, 11) is 0. The Kier molecular flexibility index (Phi) is 7.56. The molecule has 0 spiro atoms. The summed E-state index contributed by atoms with van der Waals surface area (Å²) >= 11 is 0. The molecule has 9 nitrogen and oxygen atoms in total. The van der Waals surface area contributed by atoms with Gasteiger partial charge in [-0.05, 0) is 26.0 Å². The zero-order valence-electron chi connectivity index (χ0n) is 17.1. The molecule has 2 aromatic rings. The number of hydrogen-bond acceptors (Lipinski definition) is 8. The van der Waals surface area contributed by atoms with E-state index in [-0.39, 0.29) is 5.76 Å². The Morgan fingerprint density at radius 1 is 1.10 bits per heavy atom. The summed E-state index contributed by atoms with van der Waals surface area (Å²) in [5, 5.41) is 2.73. The van der Waals surface area contributed by atoms with Gasteiger partial charge in [-0.15, -0.1) is 0 Å². The first-order chi connectivity index (χ1) is 14.6. The summed E-state index contributed by atoms with van der Waals surface area (Å²) < 4.78 is 26.9. The number of carbonyl (C=O) groups excluding carboxylic acids is 2. The number of carbonyl (C=O) groups is 2. The summed E-state index contributed by atoms with van der Waals surface area (Å²) in [6.07, 6.45) is 1.36. The average molecular weight is 418 g/mol. The van der Waals surface area contributed by atoms with E-state index < -0.39 is 18.5 Å². The number of nitrogens with one attached hydrogen (secondary N) is 1. The summed E-state index contributed by atoms with van der Waals surface area (Å²) in [5.74, 6) is -0.0412. The zero-order chi connectivity index (χ0) is 21.3. The van der Waals surface area contributed by atoms with Gasteiger partial charge in [0.15, 0.2) is 6.61 Å². The van der Waals surface area contributed by atoms with Gasteiger partial charge in [-0.1, -0.05) is 0 Å². The fraction of sp³-hybridized carbons (Fsp3) is 0.429. The van der Waals surface area contributed by atoms with Gasteiger partial charge >= 0.3 is 5.97 Å². The van der Waals surface area contributed by atoms with Gasteiger partial charge in [0.05, 0.1) is 44.1 Å². The molecule has 0 bridgehead atoms. The van der Waals surface area contributed by atoms with Crippen LogP contribution in [0.1, 0.15) is 24.4 Å². The molecular formula is C21H26N2O7. The van der Waals surface area contributed by atoms with Crippen LogP contribution in [-0.4, -0.2) is 58.0 Å². The Hall–Kier alpha value is -3.20. The van der Waals surface area contributed by atoms with E-state index in [0.29, 0.717) is 43.6 Å². The van der Waals surface area contributed by atoms with Crippen LogP contribution in [0.5, 0.6) is 11.5 Å². The summed E-state index contributed by atoms with van der Waals surface area (Å²) in [4.78, 5) is 26.4. The number of hydrogen-bond donors (Lipinski definition) is 1. The van der Waals surface area contributed by atoms with Gasteiger partial charge in [0.1, 0.15) is 11.5 Å². The second-order valence-corrected chi connectivity index (χ2v) is 6.38.